The van der Waals surface area contributed by atoms with Crippen LogP contribution >= 0.6 is 11.8 Å². The monoisotopic (exact) mass is 677 g/mol. The molecule has 0 aliphatic heterocycles. The van der Waals surface area contributed by atoms with Crippen molar-refractivity contribution in [3.63, 3.8) is 0 Å². The molecule has 3 rings (SSSR count). The minimum atomic E-state index is -1.38. The number of nitrogens with one attached hydrogen (secondary N) is 3. The second-order valence-electron chi connectivity index (χ2n) is 12.8. The third-order valence-corrected chi connectivity index (χ3v) is 9.14. The van der Waals surface area contributed by atoms with Gasteiger partial charge in [0.15, 0.2) is 6.04 Å². The van der Waals surface area contributed by atoms with Gasteiger partial charge >= 0.3 is 12.1 Å². The van der Waals surface area contributed by atoms with Gasteiger partial charge in [-0.1, -0.05) is 105 Å². The zero-order chi connectivity index (χ0) is 35.5. The van der Waals surface area contributed by atoms with E-state index < -0.39 is 58.5 Å². The van der Waals surface area contributed by atoms with E-state index in [4.69, 9.17) is 9.47 Å². The number of alkyl carbamates (subject to hydrolysis) is 1. The fourth-order valence-electron chi connectivity index (χ4n) is 5.15. The first-order chi connectivity index (χ1) is 22.7. The fourth-order valence-corrected chi connectivity index (χ4v) is 6.71. The van der Waals surface area contributed by atoms with Crippen LogP contribution in [-0.2, 0) is 28.6 Å². The van der Waals surface area contributed by atoms with Crippen LogP contribution < -0.4 is 16.0 Å². The van der Waals surface area contributed by atoms with Crippen LogP contribution in [0.15, 0.2) is 91.0 Å². The van der Waals surface area contributed by atoms with Crippen molar-refractivity contribution < 1.29 is 33.8 Å². The highest BCUT2D eigenvalue weighted by atomic mass is 32.2. The molecule has 0 aromatic heterocycles. The molecule has 0 saturated carbocycles. The Balaban J connectivity index is 2.08. The summed E-state index contributed by atoms with van der Waals surface area (Å²) in [6.07, 6.45) is -2.05. The van der Waals surface area contributed by atoms with Gasteiger partial charge in [-0.25, -0.2) is 9.59 Å². The zero-order valence-corrected chi connectivity index (χ0v) is 29.4. The predicted molar refractivity (Wildman–Crippen MR) is 187 cm³/mol. The molecule has 0 saturated heterocycles. The van der Waals surface area contributed by atoms with Crippen molar-refractivity contribution in [3.05, 3.63) is 108 Å². The van der Waals surface area contributed by atoms with Crippen molar-refractivity contribution >= 4 is 35.6 Å². The molecule has 48 heavy (non-hydrogen) atoms. The Hall–Kier alpha value is -4.35. The van der Waals surface area contributed by atoms with Crippen molar-refractivity contribution in [2.45, 2.75) is 76.1 Å². The molecule has 0 aliphatic carbocycles. The summed E-state index contributed by atoms with van der Waals surface area (Å²) in [7, 11) is 1.16. The first kappa shape index (κ1) is 38.1. The molecule has 0 heterocycles. The lowest BCUT2D eigenvalue weighted by molar-refractivity contribution is -0.148. The molecule has 4 N–H and O–H groups in total. The topological polar surface area (TPSA) is 143 Å². The third-order valence-electron chi connectivity index (χ3n) is 7.50. The molecule has 0 radical (unpaired) electrons. The maximum Gasteiger partial charge on any atom is 0.408 e. The second kappa shape index (κ2) is 17.2. The number of rotatable bonds is 14. The van der Waals surface area contributed by atoms with Gasteiger partial charge in [-0.05, 0) is 50.3 Å². The molecule has 4 atom stereocenters. The van der Waals surface area contributed by atoms with Crippen LogP contribution in [0, 0.1) is 5.92 Å². The SMILES string of the molecule is COC(=O)C(NC(=O)C(CSC(c1ccccc1)(c1ccccc1)c1ccccc1)NC(=O)C(NC(=O)OC(C)(C)C)C(C)C)C(C)O. The smallest absolute Gasteiger partial charge is 0.408 e. The van der Waals surface area contributed by atoms with Crippen molar-refractivity contribution in [3.8, 4) is 0 Å². The maximum absolute atomic E-state index is 14.0. The normalized spacial score (nSPS) is 14.2. The number of thioether (sulfide) groups is 1. The number of aliphatic hydroxyl groups is 1. The first-order valence-corrected chi connectivity index (χ1v) is 16.8. The van der Waals surface area contributed by atoms with Gasteiger partial charge in [0, 0.05) is 5.75 Å². The number of methoxy groups -OCH3 is 1. The van der Waals surface area contributed by atoms with E-state index in [0.29, 0.717) is 0 Å². The quantitative estimate of drug-likeness (QED) is 0.141. The van der Waals surface area contributed by atoms with E-state index >= 15 is 0 Å². The van der Waals surface area contributed by atoms with E-state index in [-0.39, 0.29) is 11.7 Å². The van der Waals surface area contributed by atoms with Gasteiger partial charge in [0.2, 0.25) is 11.8 Å². The number of ether oxygens (including phenoxy) is 2. The number of carbonyl (C=O) groups is 4. The summed E-state index contributed by atoms with van der Waals surface area (Å²) in [5.74, 6) is -2.51. The van der Waals surface area contributed by atoms with E-state index in [9.17, 15) is 24.3 Å². The number of aliphatic hydroxyl groups excluding tert-OH is 1. The Labute approximate surface area is 287 Å². The standard InChI is InChI=1S/C37H47N3O7S/c1-24(2)30(40-35(45)47-36(4,5)6)33(43)38-29(32(42)39-31(25(3)41)34(44)46-7)23-48-37(26-17-11-8-12-18-26,27-19-13-9-14-20-27)28-21-15-10-16-22-28/h8-22,24-25,29-31,41H,23H2,1-7H3,(H,38,43)(H,39,42)(H,40,45). The molecule has 10 nitrogen and oxygen atoms in total. The van der Waals surface area contributed by atoms with Crippen LogP contribution in [0.25, 0.3) is 0 Å². The van der Waals surface area contributed by atoms with E-state index in [0.717, 1.165) is 23.8 Å². The number of benzene rings is 3. The van der Waals surface area contributed by atoms with E-state index in [2.05, 4.69) is 16.0 Å². The van der Waals surface area contributed by atoms with Crippen LogP contribution in [0.3, 0.4) is 0 Å². The van der Waals surface area contributed by atoms with Gasteiger partial charge in [-0.15, -0.1) is 11.8 Å². The lowest BCUT2D eigenvalue weighted by Crippen LogP contribution is -2.59. The number of amides is 3. The van der Waals surface area contributed by atoms with Crippen LogP contribution in [0.5, 0.6) is 0 Å². The number of hydrogen-bond acceptors (Lipinski definition) is 8. The Bertz CT molecular complexity index is 1400. The minimum Gasteiger partial charge on any atom is -0.467 e. The molecule has 4 unspecified atom stereocenters. The summed E-state index contributed by atoms with van der Waals surface area (Å²) in [6, 6.07) is 25.9. The van der Waals surface area contributed by atoms with Crippen molar-refractivity contribution in [2.75, 3.05) is 12.9 Å². The van der Waals surface area contributed by atoms with Crippen LogP contribution in [0.2, 0.25) is 0 Å². The zero-order valence-electron chi connectivity index (χ0n) is 28.6. The van der Waals surface area contributed by atoms with E-state index in [1.165, 1.54) is 18.7 Å². The number of hydrogen-bond donors (Lipinski definition) is 4. The molecule has 0 spiro atoms. The fraction of sp³-hybridized carbons (Fsp3) is 0.405. The van der Waals surface area contributed by atoms with Gasteiger partial charge in [-0.3, -0.25) is 9.59 Å². The molecule has 0 aliphatic rings. The Morgan fingerprint density at radius 2 is 1.17 bits per heavy atom. The lowest BCUT2D eigenvalue weighted by atomic mass is 9.84. The second-order valence-corrected chi connectivity index (χ2v) is 14.0. The van der Waals surface area contributed by atoms with E-state index in [1.54, 1.807) is 34.6 Å². The summed E-state index contributed by atoms with van der Waals surface area (Å²) in [4.78, 5) is 53.0. The highest BCUT2D eigenvalue weighted by Gasteiger charge is 2.40. The lowest BCUT2D eigenvalue weighted by Gasteiger charge is -2.37. The van der Waals surface area contributed by atoms with Crippen molar-refractivity contribution in [2.24, 2.45) is 5.92 Å². The highest BCUT2D eigenvalue weighted by molar-refractivity contribution is 8.00. The van der Waals surface area contributed by atoms with Crippen LogP contribution in [0.4, 0.5) is 4.79 Å². The molecule has 0 fully saturated rings. The van der Waals surface area contributed by atoms with Crippen LogP contribution in [0.1, 0.15) is 58.2 Å². The van der Waals surface area contributed by atoms with Gasteiger partial charge in [-0.2, -0.15) is 0 Å². The summed E-state index contributed by atoms with van der Waals surface area (Å²) < 4.78 is 9.37. The molecule has 11 heteroatoms. The number of carbonyl (C=O) groups excluding carboxylic acids is 4. The van der Waals surface area contributed by atoms with Gasteiger partial charge < -0.3 is 30.5 Å². The largest absolute Gasteiger partial charge is 0.467 e. The third kappa shape index (κ3) is 10.1. The van der Waals surface area contributed by atoms with Gasteiger partial charge in [0.25, 0.3) is 0 Å². The van der Waals surface area contributed by atoms with Gasteiger partial charge in [0.05, 0.1) is 18.0 Å². The molecular weight excluding hydrogens is 630 g/mol. The predicted octanol–water partition coefficient (Wildman–Crippen LogP) is 4.78. The Kier molecular flexibility index (Phi) is 13.6. The van der Waals surface area contributed by atoms with Crippen molar-refractivity contribution in [1.82, 2.24) is 16.0 Å². The minimum absolute atomic E-state index is 0.0290. The maximum atomic E-state index is 14.0. The molecular formula is C37H47N3O7S. The molecule has 3 amide bonds. The Morgan fingerprint density at radius 3 is 1.54 bits per heavy atom. The Morgan fingerprint density at radius 1 is 0.708 bits per heavy atom. The summed E-state index contributed by atoms with van der Waals surface area (Å²) in [6.45, 7) is 10.0. The van der Waals surface area contributed by atoms with Gasteiger partial charge in [0.1, 0.15) is 17.7 Å². The molecule has 3 aromatic carbocycles. The van der Waals surface area contributed by atoms with E-state index in [1.807, 2.05) is 91.0 Å². The first-order valence-electron chi connectivity index (χ1n) is 15.9. The molecule has 258 valence electrons. The van der Waals surface area contributed by atoms with Crippen LogP contribution in [-0.4, -0.2) is 71.7 Å². The average molecular weight is 678 g/mol. The average Bonchev–Trinajstić information content (AvgIpc) is 3.05. The molecule has 0 bridgehead atoms. The summed E-state index contributed by atoms with van der Waals surface area (Å²) in [5, 5.41) is 18.3. The summed E-state index contributed by atoms with van der Waals surface area (Å²) in [5.41, 5.74) is 2.04. The highest BCUT2D eigenvalue weighted by Crippen LogP contribution is 2.48. The molecule has 3 aromatic rings. The number of esters is 1. The summed E-state index contributed by atoms with van der Waals surface area (Å²) >= 11 is 1.43. The van der Waals surface area contributed by atoms with Crippen molar-refractivity contribution in [1.29, 1.82) is 0 Å².